The molecule has 0 spiro atoms. The lowest BCUT2D eigenvalue weighted by Gasteiger charge is -2.22. The van der Waals surface area contributed by atoms with Gasteiger partial charge in [-0.25, -0.2) is 9.37 Å². The number of aromatic nitrogens is 2. The minimum Gasteiger partial charge on any atom is -0.481 e. The standard InChI is InChI=1S/C28H24ClFN4O4/c29-23-14-19(15-25(34(36)37)26(23)38-17-18-10-12-21(30)13-11-18)16-31-33-27(20-6-2-1-3-7-20)32-24-9-5-4-8-22(24)28(33)35/h4-5,8-16,20H,1-3,6-7,17H2. The molecule has 1 heterocycles. The highest BCUT2D eigenvalue weighted by Crippen LogP contribution is 2.36. The van der Waals surface area contributed by atoms with Crippen LogP contribution in [0.15, 0.2) is 70.6 Å². The van der Waals surface area contributed by atoms with Gasteiger partial charge in [0.15, 0.2) is 0 Å². The van der Waals surface area contributed by atoms with E-state index < -0.39 is 10.7 Å². The largest absolute Gasteiger partial charge is 0.481 e. The minimum absolute atomic E-state index is 0.0132. The summed E-state index contributed by atoms with van der Waals surface area (Å²) in [5.41, 5.74) is 0.919. The zero-order valence-electron chi connectivity index (χ0n) is 20.3. The van der Waals surface area contributed by atoms with Gasteiger partial charge in [0.05, 0.1) is 27.1 Å². The second-order valence-corrected chi connectivity index (χ2v) is 9.61. The lowest BCUT2D eigenvalue weighted by Crippen LogP contribution is -2.25. The summed E-state index contributed by atoms with van der Waals surface area (Å²) in [6.07, 6.45) is 6.45. The predicted molar refractivity (Wildman–Crippen MR) is 144 cm³/mol. The SMILES string of the molecule is O=c1c2ccccc2nc(C2CCCCC2)n1N=Cc1cc(Cl)c(OCc2ccc(F)cc2)c([N+](=O)[O-])c1. The quantitative estimate of drug-likeness (QED) is 0.151. The first-order valence-electron chi connectivity index (χ1n) is 12.3. The molecule has 5 rings (SSSR count). The number of benzene rings is 3. The van der Waals surface area contributed by atoms with Crippen LogP contribution in [0.4, 0.5) is 10.1 Å². The number of hydrogen-bond donors (Lipinski definition) is 0. The molecule has 194 valence electrons. The number of fused-ring (bicyclic) bond motifs is 1. The fraction of sp³-hybridized carbons (Fsp3) is 0.250. The Labute approximate surface area is 222 Å². The summed E-state index contributed by atoms with van der Waals surface area (Å²) in [7, 11) is 0. The van der Waals surface area contributed by atoms with E-state index in [1.807, 2.05) is 12.1 Å². The third-order valence-corrected chi connectivity index (χ3v) is 6.89. The molecule has 10 heteroatoms. The molecule has 38 heavy (non-hydrogen) atoms. The minimum atomic E-state index is -0.597. The van der Waals surface area contributed by atoms with Crippen LogP contribution < -0.4 is 10.3 Å². The lowest BCUT2D eigenvalue weighted by atomic mass is 9.88. The summed E-state index contributed by atoms with van der Waals surface area (Å²) < 4.78 is 20.1. The van der Waals surface area contributed by atoms with E-state index in [0.29, 0.717) is 27.9 Å². The number of halogens is 2. The van der Waals surface area contributed by atoms with Crippen molar-refractivity contribution in [3.05, 3.63) is 109 Å². The van der Waals surface area contributed by atoms with Gasteiger partial charge in [0.2, 0.25) is 5.75 Å². The molecule has 0 saturated heterocycles. The molecular weight excluding hydrogens is 511 g/mol. The van der Waals surface area contributed by atoms with Crippen molar-refractivity contribution in [1.82, 2.24) is 9.66 Å². The van der Waals surface area contributed by atoms with Crippen molar-refractivity contribution in [2.24, 2.45) is 5.10 Å². The van der Waals surface area contributed by atoms with Crippen LogP contribution in [0.25, 0.3) is 10.9 Å². The number of nitro benzene ring substituents is 1. The van der Waals surface area contributed by atoms with Crippen LogP contribution >= 0.6 is 11.6 Å². The van der Waals surface area contributed by atoms with E-state index in [-0.39, 0.29) is 34.5 Å². The summed E-state index contributed by atoms with van der Waals surface area (Å²) >= 11 is 6.38. The van der Waals surface area contributed by atoms with E-state index in [4.69, 9.17) is 21.3 Å². The van der Waals surface area contributed by atoms with Gasteiger partial charge in [-0.1, -0.05) is 55.1 Å². The van der Waals surface area contributed by atoms with Crippen LogP contribution in [-0.2, 0) is 6.61 Å². The maximum Gasteiger partial charge on any atom is 0.313 e. The average Bonchev–Trinajstić information content (AvgIpc) is 2.93. The van der Waals surface area contributed by atoms with Gasteiger partial charge in [0.1, 0.15) is 18.2 Å². The van der Waals surface area contributed by atoms with E-state index in [2.05, 4.69) is 5.10 Å². The molecule has 0 radical (unpaired) electrons. The van der Waals surface area contributed by atoms with Gasteiger partial charge in [-0.3, -0.25) is 14.9 Å². The molecule has 1 fully saturated rings. The van der Waals surface area contributed by atoms with Gasteiger partial charge in [-0.15, -0.1) is 0 Å². The number of para-hydroxylation sites is 1. The van der Waals surface area contributed by atoms with Gasteiger partial charge in [-0.2, -0.15) is 9.78 Å². The zero-order chi connectivity index (χ0) is 26.6. The first kappa shape index (κ1) is 25.5. The van der Waals surface area contributed by atoms with Gasteiger partial charge in [0, 0.05) is 17.5 Å². The smallest absolute Gasteiger partial charge is 0.313 e. The fourth-order valence-corrected chi connectivity index (χ4v) is 4.97. The molecule has 1 aliphatic carbocycles. The van der Waals surface area contributed by atoms with Crippen molar-refractivity contribution in [1.29, 1.82) is 0 Å². The molecule has 8 nitrogen and oxygen atoms in total. The fourth-order valence-electron chi connectivity index (χ4n) is 4.69. The second kappa shape index (κ2) is 11.1. The molecule has 4 aromatic rings. The van der Waals surface area contributed by atoms with Gasteiger partial charge in [-0.05, 0) is 48.7 Å². The molecule has 1 aromatic heterocycles. The Kier molecular flexibility index (Phi) is 7.46. The average molecular weight is 535 g/mol. The molecule has 0 amide bonds. The Balaban J connectivity index is 1.50. The summed E-state index contributed by atoms with van der Waals surface area (Å²) in [5, 5.41) is 16.7. The van der Waals surface area contributed by atoms with Crippen LogP contribution in [0.2, 0.25) is 5.02 Å². The number of nitro groups is 1. The zero-order valence-corrected chi connectivity index (χ0v) is 21.1. The van der Waals surface area contributed by atoms with Crippen molar-refractivity contribution >= 4 is 34.4 Å². The van der Waals surface area contributed by atoms with Gasteiger partial charge in [0.25, 0.3) is 5.56 Å². The number of rotatable bonds is 7. The molecule has 0 bridgehead atoms. The Hall–Kier alpha value is -4.11. The van der Waals surface area contributed by atoms with Gasteiger partial charge >= 0.3 is 5.69 Å². The molecule has 0 unspecified atom stereocenters. The molecule has 3 aromatic carbocycles. The third kappa shape index (κ3) is 5.43. The number of nitrogens with zero attached hydrogens (tertiary/aromatic N) is 4. The predicted octanol–water partition coefficient (Wildman–Crippen LogP) is 6.61. The molecule has 0 atom stereocenters. The topological polar surface area (TPSA) is 99.6 Å². The van der Waals surface area contributed by atoms with E-state index in [1.165, 1.54) is 47.3 Å². The Morgan fingerprint density at radius 3 is 2.61 bits per heavy atom. The maximum absolute atomic E-state index is 13.4. The highest BCUT2D eigenvalue weighted by atomic mass is 35.5. The van der Waals surface area contributed by atoms with Crippen molar-refractivity contribution in [2.45, 2.75) is 44.6 Å². The first-order chi connectivity index (χ1) is 18.4. The Morgan fingerprint density at radius 2 is 1.87 bits per heavy atom. The van der Waals surface area contributed by atoms with Crippen molar-refractivity contribution in [3.8, 4) is 5.75 Å². The molecule has 1 aliphatic rings. The second-order valence-electron chi connectivity index (χ2n) is 9.21. The normalized spacial score (nSPS) is 14.3. The number of hydrogen-bond acceptors (Lipinski definition) is 6. The summed E-state index contributed by atoms with van der Waals surface area (Å²) in [6.45, 7) is -0.0306. The van der Waals surface area contributed by atoms with Crippen molar-refractivity contribution < 1.29 is 14.1 Å². The van der Waals surface area contributed by atoms with E-state index in [1.54, 1.807) is 12.1 Å². The van der Waals surface area contributed by atoms with Crippen LogP contribution in [0, 0.1) is 15.9 Å². The van der Waals surface area contributed by atoms with Gasteiger partial charge < -0.3 is 4.74 Å². The van der Waals surface area contributed by atoms with Crippen molar-refractivity contribution in [3.63, 3.8) is 0 Å². The van der Waals surface area contributed by atoms with Crippen LogP contribution in [-0.4, -0.2) is 20.8 Å². The monoisotopic (exact) mass is 534 g/mol. The molecule has 1 saturated carbocycles. The summed E-state index contributed by atoms with van der Waals surface area (Å²) in [4.78, 5) is 29.4. The van der Waals surface area contributed by atoms with E-state index >= 15 is 0 Å². The maximum atomic E-state index is 13.4. The lowest BCUT2D eigenvalue weighted by molar-refractivity contribution is -0.385. The highest BCUT2D eigenvalue weighted by Gasteiger charge is 2.23. The Morgan fingerprint density at radius 1 is 1.13 bits per heavy atom. The highest BCUT2D eigenvalue weighted by molar-refractivity contribution is 6.32. The van der Waals surface area contributed by atoms with Crippen LogP contribution in [0.3, 0.4) is 0 Å². The molecule has 0 aliphatic heterocycles. The third-order valence-electron chi connectivity index (χ3n) is 6.61. The molecular formula is C28H24ClFN4O4. The van der Waals surface area contributed by atoms with Crippen LogP contribution in [0.1, 0.15) is 55.0 Å². The van der Waals surface area contributed by atoms with Crippen LogP contribution in [0.5, 0.6) is 5.75 Å². The van der Waals surface area contributed by atoms with Crippen molar-refractivity contribution in [2.75, 3.05) is 0 Å². The summed E-state index contributed by atoms with van der Waals surface area (Å²) in [6, 6.07) is 15.5. The summed E-state index contributed by atoms with van der Waals surface area (Å²) in [5.74, 6) is 0.183. The van der Waals surface area contributed by atoms with E-state index in [0.717, 1.165) is 32.1 Å². The number of ether oxygens (including phenoxy) is 1. The Bertz CT molecular complexity index is 1580. The first-order valence-corrected chi connectivity index (χ1v) is 12.7. The van der Waals surface area contributed by atoms with E-state index in [9.17, 15) is 19.3 Å². The molecule has 0 N–H and O–H groups in total.